The van der Waals surface area contributed by atoms with Gasteiger partial charge in [-0.05, 0) is 217 Å². The summed E-state index contributed by atoms with van der Waals surface area (Å²) in [5, 5.41) is 0. The van der Waals surface area contributed by atoms with E-state index in [0.29, 0.717) is 0 Å². The maximum absolute atomic E-state index is 2.47. The number of halogens is 2. The Balaban J connectivity index is 1.28. The van der Waals surface area contributed by atoms with Crippen LogP contribution in [0.2, 0.25) is 0 Å². The lowest BCUT2D eigenvalue weighted by Crippen LogP contribution is -2.11. The SMILES string of the molecule is CCCCCCCCCCCCc1ccc(-c2c(-c3ccc(CCCCCCCCCCCC)cc3)c(-c3ccc(C(C)(C)C)cc3)c(-c3ccc(-c4ccc(I)cc4)cc3)c(-c3ccc(-c4ccc(I)cc4)cc3)c2-c2ccc(C(C)(C)C)cc2)cc1. The quantitative estimate of drug-likeness (QED) is 0.0311. The third-order valence-corrected chi connectivity index (χ3v) is 19.8. The van der Waals surface area contributed by atoms with Crippen LogP contribution in [0.1, 0.15) is 206 Å². The number of hydrogen-bond donors (Lipinski definition) is 0. The lowest BCUT2D eigenvalue weighted by molar-refractivity contribution is 0.556. The first-order valence-electron chi connectivity index (χ1n) is 34.1. The van der Waals surface area contributed by atoms with E-state index in [1.165, 1.54) is 247 Å². The largest absolute Gasteiger partial charge is 0.0654 e. The van der Waals surface area contributed by atoms with E-state index >= 15 is 0 Å². The highest BCUT2D eigenvalue weighted by Gasteiger charge is 2.30. The summed E-state index contributed by atoms with van der Waals surface area (Å²) >= 11 is 4.84. The van der Waals surface area contributed by atoms with Gasteiger partial charge in [0.1, 0.15) is 0 Å². The molecule has 0 aliphatic rings. The molecule has 0 N–H and O–H groups in total. The second-order valence-electron chi connectivity index (χ2n) is 27.3. The minimum atomic E-state index is -0.00654. The highest BCUT2D eigenvalue weighted by Crippen LogP contribution is 2.56. The Morgan fingerprint density at radius 3 is 0.625 bits per heavy atom. The second-order valence-corrected chi connectivity index (χ2v) is 29.8. The number of aryl methyl sites for hydroxylation is 2. The number of rotatable bonds is 30. The fourth-order valence-electron chi connectivity index (χ4n) is 13.0. The maximum atomic E-state index is 2.47. The number of benzene rings is 9. The van der Waals surface area contributed by atoms with Crippen molar-refractivity contribution in [2.24, 2.45) is 0 Å². The third-order valence-electron chi connectivity index (χ3n) is 18.4. The number of hydrogen-bond acceptors (Lipinski definition) is 0. The highest BCUT2D eigenvalue weighted by atomic mass is 127. The standard InChI is InChI=1S/C86H100I2/c1-9-11-13-15-17-19-21-23-25-27-29-63-31-35-69(36-32-63)79-80(70-37-33-64(34-38-70)30-28-26-24-22-20-18-16-14-12-10-2)84(74-49-57-76(58-50-74)86(6,7)8)82(72-45-41-66(42-46-72)68-53-61-78(88)62-54-68)81(83(79)73-47-55-75(56-48-73)85(3,4)5)71-43-39-65(40-44-71)67-51-59-77(87)60-52-67/h31-62H,9-30H2,1-8H3. The van der Waals surface area contributed by atoms with Crippen molar-refractivity contribution in [2.45, 2.75) is 207 Å². The Bertz CT molecular complexity index is 3290. The monoisotopic (exact) mass is 1390 g/mol. The molecule has 0 saturated heterocycles. The molecule has 9 aromatic carbocycles. The van der Waals surface area contributed by atoms with Gasteiger partial charge < -0.3 is 0 Å². The second kappa shape index (κ2) is 33.0. The number of unbranched alkanes of at least 4 members (excludes halogenated alkanes) is 18. The molecule has 0 amide bonds. The summed E-state index contributed by atoms with van der Waals surface area (Å²) < 4.78 is 2.48. The summed E-state index contributed by atoms with van der Waals surface area (Å²) in [4.78, 5) is 0. The lowest BCUT2D eigenvalue weighted by atomic mass is 9.73. The molecular weight excluding hydrogens is 1290 g/mol. The molecule has 0 atom stereocenters. The molecule has 0 heterocycles. The molecule has 0 fully saturated rings. The van der Waals surface area contributed by atoms with Crippen molar-refractivity contribution < 1.29 is 0 Å². The van der Waals surface area contributed by atoms with Crippen LogP contribution in [0.4, 0.5) is 0 Å². The summed E-state index contributed by atoms with van der Waals surface area (Å²) in [5.74, 6) is 0. The summed E-state index contributed by atoms with van der Waals surface area (Å²) in [6, 6.07) is 76.0. The van der Waals surface area contributed by atoms with Gasteiger partial charge in [0.15, 0.2) is 0 Å². The van der Waals surface area contributed by atoms with Gasteiger partial charge in [-0.25, -0.2) is 0 Å². The van der Waals surface area contributed by atoms with E-state index in [4.69, 9.17) is 0 Å². The van der Waals surface area contributed by atoms with Gasteiger partial charge in [0.2, 0.25) is 0 Å². The fourth-order valence-corrected chi connectivity index (χ4v) is 13.7. The molecule has 0 aromatic heterocycles. The Kier molecular flexibility index (Phi) is 25.0. The van der Waals surface area contributed by atoms with Crippen LogP contribution in [0.15, 0.2) is 194 Å². The average molecular weight is 1390 g/mol. The van der Waals surface area contributed by atoms with Crippen LogP contribution in [0.5, 0.6) is 0 Å². The third kappa shape index (κ3) is 18.3. The molecular formula is C86H100I2. The average Bonchev–Trinajstić information content (AvgIpc) is 0.739. The zero-order valence-corrected chi connectivity index (χ0v) is 59.1. The Morgan fingerprint density at radius 1 is 0.216 bits per heavy atom. The fraction of sp³-hybridized carbons (Fsp3) is 0.372. The van der Waals surface area contributed by atoms with Crippen molar-refractivity contribution >= 4 is 45.2 Å². The molecule has 2 heteroatoms. The maximum Gasteiger partial charge on any atom is 0.0130 e. The molecule has 0 unspecified atom stereocenters. The molecule has 0 saturated carbocycles. The molecule has 0 spiro atoms. The topological polar surface area (TPSA) is 0 Å². The summed E-state index contributed by atoms with van der Waals surface area (Å²) in [7, 11) is 0. The molecule has 88 heavy (non-hydrogen) atoms. The molecule has 458 valence electrons. The van der Waals surface area contributed by atoms with Crippen LogP contribution in [-0.2, 0) is 23.7 Å². The van der Waals surface area contributed by atoms with Crippen LogP contribution >= 0.6 is 45.2 Å². The van der Waals surface area contributed by atoms with Crippen molar-refractivity contribution in [1.82, 2.24) is 0 Å². The van der Waals surface area contributed by atoms with Crippen LogP contribution in [0.3, 0.4) is 0 Å². The minimum Gasteiger partial charge on any atom is -0.0654 e. The van der Waals surface area contributed by atoms with Crippen molar-refractivity contribution in [3.63, 3.8) is 0 Å². The molecule has 0 nitrogen and oxygen atoms in total. The summed E-state index contributed by atoms with van der Waals surface area (Å²) in [6.45, 7) is 18.6. The highest BCUT2D eigenvalue weighted by molar-refractivity contribution is 14.1. The van der Waals surface area contributed by atoms with E-state index in [1.807, 2.05) is 0 Å². The first kappa shape index (κ1) is 66.8. The van der Waals surface area contributed by atoms with E-state index in [9.17, 15) is 0 Å². The van der Waals surface area contributed by atoms with Gasteiger partial charge in [0, 0.05) is 7.14 Å². The zero-order chi connectivity index (χ0) is 61.9. The van der Waals surface area contributed by atoms with E-state index in [1.54, 1.807) is 0 Å². The first-order valence-corrected chi connectivity index (χ1v) is 36.2. The zero-order valence-electron chi connectivity index (χ0n) is 54.8. The van der Waals surface area contributed by atoms with Crippen LogP contribution in [0, 0.1) is 7.14 Å². The predicted molar refractivity (Wildman–Crippen MR) is 404 cm³/mol. The molecule has 9 rings (SSSR count). The van der Waals surface area contributed by atoms with Crippen molar-refractivity contribution in [2.75, 3.05) is 0 Å². The van der Waals surface area contributed by atoms with Crippen molar-refractivity contribution in [3.05, 3.63) is 224 Å². The van der Waals surface area contributed by atoms with Gasteiger partial charge in [-0.3, -0.25) is 0 Å². The van der Waals surface area contributed by atoms with E-state index < -0.39 is 0 Å². The van der Waals surface area contributed by atoms with Crippen molar-refractivity contribution in [1.29, 1.82) is 0 Å². The molecule has 0 radical (unpaired) electrons. The van der Waals surface area contributed by atoms with Gasteiger partial charge in [-0.15, -0.1) is 0 Å². The summed E-state index contributed by atoms with van der Waals surface area (Å²) in [6.07, 6.45) is 29.1. The van der Waals surface area contributed by atoms with Gasteiger partial charge in [0.25, 0.3) is 0 Å². The van der Waals surface area contributed by atoms with Crippen LogP contribution < -0.4 is 0 Å². The smallest absolute Gasteiger partial charge is 0.0130 e. The lowest BCUT2D eigenvalue weighted by Gasteiger charge is -2.30. The normalized spacial score (nSPS) is 11.8. The van der Waals surface area contributed by atoms with Crippen LogP contribution in [0.25, 0.3) is 89.0 Å². The van der Waals surface area contributed by atoms with Crippen LogP contribution in [-0.4, -0.2) is 0 Å². The Labute approximate surface area is 560 Å². The minimum absolute atomic E-state index is 0.00654. The van der Waals surface area contributed by atoms with Gasteiger partial charge in [-0.1, -0.05) is 341 Å². The summed E-state index contributed by atoms with van der Waals surface area (Å²) in [5.41, 5.74) is 25.3. The van der Waals surface area contributed by atoms with Gasteiger partial charge >= 0.3 is 0 Å². The van der Waals surface area contributed by atoms with E-state index in [-0.39, 0.29) is 10.8 Å². The Morgan fingerprint density at radius 2 is 0.398 bits per heavy atom. The first-order chi connectivity index (χ1) is 42.7. The van der Waals surface area contributed by atoms with E-state index in [2.05, 4.69) is 295 Å². The molecule has 0 aliphatic carbocycles. The van der Waals surface area contributed by atoms with E-state index in [0.717, 1.165) is 12.8 Å². The van der Waals surface area contributed by atoms with Crippen molar-refractivity contribution in [3.8, 4) is 89.0 Å². The predicted octanol–water partition coefficient (Wildman–Crippen LogP) is 27.8. The van der Waals surface area contributed by atoms with Gasteiger partial charge in [0.05, 0.1) is 0 Å². The molecule has 0 aliphatic heterocycles. The molecule has 9 aromatic rings. The molecule has 0 bridgehead atoms. The van der Waals surface area contributed by atoms with Gasteiger partial charge in [-0.2, -0.15) is 0 Å². The Hall–Kier alpha value is -5.56.